The summed E-state index contributed by atoms with van der Waals surface area (Å²) in [5.74, 6) is 0.0370. The van der Waals surface area contributed by atoms with Crippen molar-refractivity contribution in [1.29, 1.82) is 0 Å². The topological polar surface area (TPSA) is 60.8 Å². The Bertz CT molecular complexity index is 269. The van der Waals surface area contributed by atoms with Crippen LogP contribution in [0.3, 0.4) is 0 Å². The third kappa shape index (κ3) is 5.33. The van der Waals surface area contributed by atoms with E-state index in [1.54, 1.807) is 6.92 Å². The minimum atomic E-state index is -0.158. The number of hydrogen-bond donors (Lipinski definition) is 4. The van der Waals surface area contributed by atoms with Gasteiger partial charge in [0.25, 0.3) is 0 Å². The molecule has 0 aromatic carbocycles. The minimum absolute atomic E-state index is 0.0110. The molecular formula is C11H21NO3S2. The molecule has 100 valence electrons. The van der Waals surface area contributed by atoms with E-state index < -0.39 is 0 Å². The molecule has 0 aliphatic heterocycles. The maximum atomic E-state index is 10.9. The molecule has 0 radical (unpaired) electrons. The van der Waals surface area contributed by atoms with Crippen molar-refractivity contribution in [2.24, 2.45) is 5.92 Å². The third-order valence-electron chi connectivity index (χ3n) is 2.74. The number of carbonyl (C=O) groups is 1. The fourth-order valence-corrected chi connectivity index (χ4v) is 1.99. The van der Waals surface area contributed by atoms with Gasteiger partial charge in [-0.05, 0) is 24.8 Å². The summed E-state index contributed by atoms with van der Waals surface area (Å²) in [5.41, 5.74) is 1.69. The molecule has 0 heterocycles. The highest BCUT2D eigenvalue weighted by molar-refractivity contribution is 7.99. The first-order valence-electron chi connectivity index (χ1n) is 5.49. The molecule has 0 fully saturated rings. The molecule has 0 rings (SSSR count). The molecule has 17 heavy (non-hydrogen) atoms. The average Bonchev–Trinajstić information content (AvgIpc) is 2.31. The fourth-order valence-electron chi connectivity index (χ4n) is 1.63. The third-order valence-corrected chi connectivity index (χ3v) is 3.64. The zero-order valence-electron chi connectivity index (χ0n) is 10.2. The quantitative estimate of drug-likeness (QED) is 0.303. The second kappa shape index (κ2) is 8.85. The Morgan fingerprint density at radius 3 is 2.29 bits per heavy atom. The van der Waals surface area contributed by atoms with Crippen molar-refractivity contribution in [1.82, 2.24) is 4.90 Å². The van der Waals surface area contributed by atoms with Crippen molar-refractivity contribution < 1.29 is 15.0 Å². The summed E-state index contributed by atoms with van der Waals surface area (Å²) in [6, 6.07) is 0. The molecule has 4 nitrogen and oxygen atoms in total. The number of hydrogen-bond acceptors (Lipinski definition) is 5. The zero-order valence-corrected chi connectivity index (χ0v) is 12.0. The van der Waals surface area contributed by atoms with Gasteiger partial charge in [0.15, 0.2) is 0 Å². The van der Waals surface area contributed by atoms with Crippen molar-refractivity contribution in [3.63, 3.8) is 0 Å². The second-order valence-corrected chi connectivity index (χ2v) is 5.33. The van der Waals surface area contributed by atoms with Gasteiger partial charge in [-0.3, -0.25) is 4.79 Å². The molecule has 0 aromatic rings. The van der Waals surface area contributed by atoms with Crippen LogP contribution in [0.1, 0.15) is 20.3 Å². The summed E-state index contributed by atoms with van der Waals surface area (Å²) in [6.07, 6.45) is 1.15. The van der Waals surface area contributed by atoms with Crippen molar-refractivity contribution in [3.05, 3.63) is 11.3 Å². The Kier molecular flexibility index (Phi) is 8.77. The van der Waals surface area contributed by atoms with E-state index in [2.05, 4.69) is 25.3 Å². The van der Waals surface area contributed by atoms with Crippen LogP contribution in [0.5, 0.6) is 0 Å². The largest absolute Gasteiger partial charge is 0.396 e. The summed E-state index contributed by atoms with van der Waals surface area (Å²) in [4.78, 5) is 12.4. The van der Waals surface area contributed by atoms with Crippen molar-refractivity contribution in [2.75, 3.05) is 19.8 Å². The maximum absolute atomic E-state index is 10.9. The van der Waals surface area contributed by atoms with E-state index in [0.29, 0.717) is 12.8 Å². The number of carbonyl (C=O) groups excluding carboxylic acids is 1. The van der Waals surface area contributed by atoms with Crippen molar-refractivity contribution >= 4 is 31.7 Å². The predicted octanol–water partition coefficient (Wildman–Crippen LogP) is 0.915. The van der Waals surface area contributed by atoms with Gasteiger partial charge in [0.1, 0.15) is 0 Å². The van der Waals surface area contributed by atoms with E-state index in [-0.39, 0.29) is 30.3 Å². The molecule has 2 N–H and O–H groups in total. The smallest absolute Gasteiger partial charge is 0.213 e. The Balaban J connectivity index is 5.13. The molecule has 1 amide bonds. The standard InChI is InChI=1S/C11H21NO3S2/c1-8(11(16)17)10(3-5-13)9(2)12(7-15)4-6-14/h7-8,11,13-14,16-17H,3-6H2,1-2H3. The molecule has 0 saturated heterocycles. The summed E-state index contributed by atoms with van der Waals surface area (Å²) < 4.78 is -0.158. The first kappa shape index (κ1) is 16.8. The summed E-state index contributed by atoms with van der Waals surface area (Å²) >= 11 is 8.52. The molecule has 0 saturated carbocycles. The van der Waals surface area contributed by atoms with Crippen LogP contribution in [0.25, 0.3) is 0 Å². The molecule has 1 unspecified atom stereocenters. The normalized spacial score (nSPS) is 14.5. The predicted molar refractivity (Wildman–Crippen MR) is 75.2 cm³/mol. The van der Waals surface area contributed by atoms with E-state index in [0.717, 1.165) is 11.3 Å². The second-order valence-electron chi connectivity index (χ2n) is 3.81. The van der Waals surface area contributed by atoms with Crippen LogP contribution < -0.4 is 0 Å². The first-order valence-corrected chi connectivity index (χ1v) is 6.52. The lowest BCUT2D eigenvalue weighted by Gasteiger charge is -2.26. The molecular weight excluding hydrogens is 258 g/mol. The van der Waals surface area contributed by atoms with Crippen LogP contribution in [0, 0.1) is 5.92 Å². The van der Waals surface area contributed by atoms with Crippen molar-refractivity contribution in [3.8, 4) is 0 Å². The Hall–Kier alpha value is -0.170. The van der Waals surface area contributed by atoms with Gasteiger partial charge in [-0.2, -0.15) is 25.3 Å². The van der Waals surface area contributed by atoms with Gasteiger partial charge in [-0.25, -0.2) is 0 Å². The van der Waals surface area contributed by atoms with Crippen LogP contribution in [-0.2, 0) is 4.79 Å². The van der Waals surface area contributed by atoms with Gasteiger partial charge in [0.2, 0.25) is 6.41 Å². The lowest BCUT2D eigenvalue weighted by atomic mass is 9.97. The Morgan fingerprint density at radius 1 is 1.35 bits per heavy atom. The molecule has 0 aliphatic carbocycles. The lowest BCUT2D eigenvalue weighted by molar-refractivity contribution is -0.116. The summed E-state index contributed by atoms with van der Waals surface area (Å²) in [5, 5.41) is 17.9. The van der Waals surface area contributed by atoms with Crippen LogP contribution in [0.4, 0.5) is 0 Å². The highest BCUT2D eigenvalue weighted by Crippen LogP contribution is 2.27. The zero-order chi connectivity index (χ0) is 13.4. The number of aliphatic hydroxyl groups is 2. The number of allylic oxidation sites excluding steroid dienone is 1. The first-order chi connectivity index (χ1) is 7.99. The highest BCUT2D eigenvalue weighted by atomic mass is 32.2. The average molecular weight is 279 g/mol. The minimum Gasteiger partial charge on any atom is -0.396 e. The maximum Gasteiger partial charge on any atom is 0.213 e. The Morgan fingerprint density at radius 2 is 1.94 bits per heavy atom. The molecule has 0 spiro atoms. The summed E-state index contributed by atoms with van der Waals surface area (Å²) in [7, 11) is 0. The van der Waals surface area contributed by atoms with Crippen LogP contribution in [0.2, 0.25) is 0 Å². The van der Waals surface area contributed by atoms with E-state index in [4.69, 9.17) is 10.2 Å². The molecule has 6 heteroatoms. The van der Waals surface area contributed by atoms with Crippen LogP contribution in [-0.4, -0.2) is 45.9 Å². The summed E-state index contributed by atoms with van der Waals surface area (Å²) in [6.45, 7) is 3.91. The van der Waals surface area contributed by atoms with Gasteiger partial charge >= 0.3 is 0 Å². The van der Waals surface area contributed by atoms with Gasteiger partial charge < -0.3 is 15.1 Å². The van der Waals surface area contributed by atoms with Gasteiger partial charge in [0, 0.05) is 18.8 Å². The SMILES string of the molecule is CC(=C(CCO)C(C)C(S)S)N(C=O)CCO. The number of amides is 1. The van der Waals surface area contributed by atoms with E-state index in [1.807, 2.05) is 6.92 Å². The molecule has 0 bridgehead atoms. The van der Waals surface area contributed by atoms with Crippen molar-refractivity contribution in [2.45, 2.75) is 24.9 Å². The van der Waals surface area contributed by atoms with Gasteiger partial charge in [-0.15, -0.1) is 0 Å². The highest BCUT2D eigenvalue weighted by Gasteiger charge is 2.19. The lowest BCUT2D eigenvalue weighted by Crippen LogP contribution is -2.26. The van der Waals surface area contributed by atoms with E-state index in [1.165, 1.54) is 4.90 Å². The molecule has 1 atom stereocenters. The monoisotopic (exact) mass is 279 g/mol. The van der Waals surface area contributed by atoms with Crippen LogP contribution >= 0.6 is 25.3 Å². The number of thiol groups is 2. The van der Waals surface area contributed by atoms with Gasteiger partial charge in [-0.1, -0.05) is 6.92 Å². The number of rotatable bonds is 8. The van der Waals surface area contributed by atoms with Crippen LogP contribution in [0.15, 0.2) is 11.3 Å². The molecule has 0 aromatic heterocycles. The number of nitrogens with zero attached hydrogens (tertiary/aromatic N) is 1. The Labute approximate surface area is 114 Å². The molecule has 0 aliphatic rings. The van der Waals surface area contributed by atoms with Gasteiger partial charge in [0.05, 0.1) is 11.2 Å². The van der Waals surface area contributed by atoms with E-state index in [9.17, 15) is 4.79 Å². The fraction of sp³-hybridized carbons (Fsp3) is 0.727. The van der Waals surface area contributed by atoms with E-state index >= 15 is 0 Å². The number of aliphatic hydroxyl groups excluding tert-OH is 2.